The second-order valence-electron chi connectivity index (χ2n) is 7.00. The second kappa shape index (κ2) is 8.44. The maximum atomic E-state index is 13.4. The summed E-state index contributed by atoms with van der Waals surface area (Å²) in [5, 5.41) is 13.6. The molecule has 0 saturated carbocycles. The fraction of sp³-hybridized carbons (Fsp3) is 0.316. The van der Waals surface area contributed by atoms with Gasteiger partial charge in [-0.2, -0.15) is 4.31 Å². The molecule has 0 radical (unpaired) electrons. The van der Waals surface area contributed by atoms with Gasteiger partial charge in [-0.25, -0.2) is 17.2 Å². The molecule has 0 spiro atoms. The lowest BCUT2D eigenvalue weighted by atomic mass is 9.97. The van der Waals surface area contributed by atoms with Gasteiger partial charge < -0.3 is 5.32 Å². The number of hydrogen-bond acceptors (Lipinski definition) is 5. The second-order valence-corrected chi connectivity index (χ2v) is 8.94. The van der Waals surface area contributed by atoms with Crippen molar-refractivity contribution in [2.24, 2.45) is 5.92 Å². The first-order valence-electron chi connectivity index (χ1n) is 9.10. The number of carbonyl (C=O) groups excluding carboxylic acids is 1. The van der Waals surface area contributed by atoms with E-state index >= 15 is 0 Å². The van der Waals surface area contributed by atoms with Crippen LogP contribution in [-0.2, 0) is 14.8 Å². The van der Waals surface area contributed by atoms with E-state index in [4.69, 9.17) is 0 Å². The number of rotatable bonds is 5. The molecule has 1 heterocycles. The van der Waals surface area contributed by atoms with Gasteiger partial charge in [0.05, 0.1) is 15.5 Å². The third-order valence-electron chi connectivity index (χ3n) is 5.04. The number of piperidine rings is 1. The average molecular weight is 439 g/mol. The van der Waals surface area contributed by atoms with Crippen LogP contribution < -0.4 is 5.32 Å². The quantitative estimate of drug-likeness (QED) is 0.568. The Morgan fingerprint density at radius 2 is 1.80 bits per heavy atom. The number of aryl methyl sites for hydroxylation is 1. The van der Waals surface area contributed by atoms with Crippen LogP contribution in [0.2, 0.25) is 0 Å². The maximum Gasteiger partial charge on any atom is 0.271 e. The van der Waals surface area contributed by atoms with E-state index in [1.165, 1.54) is 18.2 Å². The number of hydrogen-bond donors (Lipinski definition) is 1. The van der Waals surface area contributed by atoms with Crippen LogP contribution >= 0.6 is 0 Å². The minimum absolute atomic E-state index is 0.0351. The van der Waals surface area contributed by atoms with Crippen molar-refractivity contribution in [3.8, 4) is 0 Å². The summed E-state index contributed by atoms with van der Waals surface area (Å²) in [7, 11) is -4.01. The Morgan fingerprint density at radius 3 is 2.40 bits per heavy atom. The summed E-state index contributed by atoms with van der Waals surface area (Å²) < 4.78 is 52.9. The zero-order valence-corrected chi connectivity index (χ0v) is 16.8. The summed E-state index contributed by atoms with van der Waals surface area (Å²) in [5.74, 6) is -3.23. The zero-order valence-electron chi connectivity index (χ0n) is 16.0. The van der Waals surface area contributed by atoms with Crippen LogP contribution in [0.1, 0.15) is 18.4 Å². The molecule has 1 amide bonds. The normalized spacial score (nSPS) is 15.7. The van der Waals surface area contributed by atoms with E-state index in [0.717, 1.165) is 16.4 Å². The third-order valence-corrected chi connectivity index (χ3v) is 6.94. The fourth-order valence-electron chi connectivity index (χ4n) is 3.24. The molecule has 1 N–H and O–H groups in total. The van der Waals surface area contributed by atoms with Gasteiger partial charge in [0.1, 0.15) is 0 Å². The number of benzene rings is 2. The molecule has 0 bridgehead atoms. The van der Waals surface area contributed by atoms with Crippen LogP contribution in [0.3, 0.4) is 0 Å². The van der Waals surface area contributed by atoms with Crippen LogP contribution in [0.15, 0.2) is 41.3 Å². The first-order chi connectivity index (χ1) is 14.1. The number of halogens is 2. The smallest absolute Gasteiger partial charge is 0.271 e. The Balaban J connectivity index is 1.66. The Bertz CT molecular complexity index is 1100. The molecule has 1 saturated heterocycles. The molecule has 0 atom stereocenters. The summed E-state index contributed by atoms with van der Waals surface area (Å²) in [6.45, 7) is 1.77. The third kappa shape index (κ3) is 4.46. The molecule has 0 aromatic heterocycles. The number of carbonyl (C=O) groups is 1. The largest absolute Gasteiger partial charge is 0.325 e. The predicted molar refractivity (Wildman–Crippen MR) is 104 cm³/mol. The van der Waals surface area contributed by atoms with E-state index in [9.17, 15) is 32.1 Å². The number of anilines is 1. The molecule has 2 aromatic rings. The molecular formula is C19H19F2N3O5S. The van der Waals surface area contributed by atoms with Gasteiger partial charge in [0, 0.05) is 31.1 Å². The molecule has 0 unspecified atom stereocenters. The van der Waals surface area contributed by atoms with E-state index in [0.29, 0.717) is 17.3 Å². The highest BCUT2D eigenvalue weighted by Crippen LogP contribution is 2.27. The van der Waals surface area contributed by atoms with Crippen molar-refractivity contribution >= 4 is 27.3 Å². The van der Waals surface area contributed by atoms with Gasteiger partial charge in [0.25, 0.3) is 5.69 Å². The average Bonchev–Trinajstić information content (AvgIpc) is 2.71. The van der Waals surface area contributed by atoms with E-state index in [1.807, 2.05) is 0 Å². The summed E-state index contributed by atoms with van der Waals surface area (Å²) >= 11 is 0. The SMILES string of the molecule is Cc1ccc([N+](=O)[O-])cc1NC(=O)C1CCN(S(=O)(=O)c2ccc(F)c(F)c2)CC1. The lowest BCUT2D eigenvalue weighted by molar-refractivity contribution is -0.384. The van der Waals surface area contributed by atoms with E-state index in [-0.39, 0.29) is 42.4 Å². The monoisotopic (exact) mass is 439 g/mol. The van der Waals surface area contributed by atoms with E-state index in [1.54, 1.807) is 6.92 Å². The molecule has 3 rings (SSSR count). The van der Waals surface area contributed by atoms with Gasteiger partial charge in [-0.3, -0.25) is 14.9 Å². The minimum atomic E-state index is -4.01. The molecule has 30 heavy (non-hydrogen) atoms. The van der Waals surface area contributed by atoms with Crippen molar-refractivity contribution in [3.05, 3.63) is 63.7 Å². The van der Waals surface area contributed by atoms with Crippen LogP contribution in [0.4, 0.5) is 20.2 Å². The highest BCUT2D eigenvalue weighted by Gasteiger charge is 2.32. The summed E-state index contributed by atoms with van der Waals surface area (Å²) in [6.07, 6.45) is 0.450. The topological polar surface area (TPSA) is 110 Å². The summed E-state index contributed by atoms with van der Waals surface area (Å²) in [6, 6.07) is 6.53. The van der Waals surface area contributed by atoms with Crippen LogP contribution in [0.5, 0.6) is 0 Å². The minimum Gasteiger partial charge on any atom is -0.325 e. The molecule has 2 aromatic carbocycles. The lowest BCUT2D eigenvalue weighted by Crippen LogP contribution is -2.41. The molecule has 1 fully saturated rings. The van der Waals surface area contributed by atoms with Gasteiger partial charge in [-0.15, -0.1) is 0 Å². The van der Waals surface area contributed by atoms with Crippen molar-refractivity contribution in [1.82, 2.24) is 4.31 Å². The van der Waals surface area contributed by atoms with Gasteiger partial charge >= 0.3 is 0 Å². The number of non-ortho nitro benzene ring substituents is 1. The van der Waals surface area contributed by atoms with Gasteiger partial charge in [0.15, 0.2) is 11.6 Å². The van der Waals surface area contributed by atoms with Crippen molar-refractivity contribution in [1.29, 1.82) is 0 Å². The number of amides is 1. The molecule has 1 aliphatic rings. The maximum absolute atomic E-state index is 13.4. The standard InChI is InChI=1S/C19H19F2N3O5S/c1-12-2-3-14(24(26)27)10-18(12)22-19(25)13-6-8-23(9-7-13)30(28,29)15-4-5-16(20)17(21)11-15/h2-5,10-11,13H,6-9H2,1H3,(H,22,25). The summed E-state index contributed by atoms with van der Waals surface area (Å²) in [4.78, 5) is 22.6. The Labute approximate surface area is 171 Å². The Hall–Kier alpha value is -2.92. The molecular weight excluding hydrogens is 420 g/mol. The van der Waals surface area contributed by atoms with Gasteiger partial charge in [-0.1, -0.05) is 6.07 Å². The molecule has 1 aliphatic heterocycles. The molecule has 11 heteroatoms. The van der Waals surface area contributed by atoms with Crippen molar-refractivity contribution in [2.45, 2.75) is 24.7 Å². The fourth-order valence-corrected chi connectivity index (χ4v) is 4.72. The Kier molecular flexibility index (Phi) is 6.13. The van der Waals surface area contributed by atoms with Crippen molar-refractivity contribution in [3.63, 3.8) is 0 Å². The van der Waals surface area contributed by atoms with Gasteiger partial charge in [0.2, 0.25) is 15.9 Å². The van der Waals surface area contributed by atoms with E-state index in [2.05, 4.69) is 5.32 Å². The number of nitrogens with one attached hydrogen (secondary N) is 1. The van der Waals surface area contributed by atoms with Crippen LogP contribution in [0.25, 0.3) is 0 Å². The number of sulfonamides is 1. The van der Waals surface area contributed by atoms with Crippen LogP contribution in [-0.4, -0.2) is 36.6 Å². The van der Waals surface area contributed by atoms with Crippen molar-refractivity contribution < 1.29 is 26.9 Å². The zero-order chi connectivity index (χ0) is 22.1. The highest BCUT2D eigenvalue weighted by molar-refractivity contribution is 7.89. The first-order valence-corrected chi connectivity index (χ1v) is 10.5. The predicted octanol–water partition coefficient (Wildman–Crippen LogP) is 3.22. The van der Waals surface area contributed by atoms with E-state index < -0.39 is 32.5 Å². The first kappa shape index (κ1) is 21.8. The van der Waals surface area contributed by atoms with Crippen LogP contribution in [0, 0.1) is 34.6 Å². The van der Waals surface area contributed by atoms with Gasteiger partial charge in [-0.05, 0) is 43.5 Å². The number of nitro groups is 1. The van der Waals surface area contributed by atoms with Crippen molar-refractivity contribution in [2.75, 3.05) is 18.4 Å². The Morgan fingerprint density at radius 1 is 1.13 bits per heavy atom. The highest BCUT2D eigenvalue weighted by atomic mass is 32.2. The lowest BCUT2D eigenvalue weighted by Gasteiger charge is -2.30. The molecule has 8 nitrogen and oxygen atoms in total. The number of nitro benzene ring substituents is 1. The molecule has 0 aliphatic carbocycles. The number of nitrogens with zero attached hydrogens (tertiary/aromatic N) is 2. The summed E-state index contributed by atoms with van der Waals surface area (Å²) in [5.41, 5.74) is 0.835. The molecule has 160 valence electrons.